The number of esters is 1. The van der Waals surface area contributed by atoms with Gasteiger partial charge in [-0.25, -0.2) is 4.79 Å². The molecule has 0 bridgehead atoms. The normalized spacial score (nSPS) is 19.4. The van der Waals surface area contributed by atoms with Gasteiger partial charge >= 0.3 is 11.6 Å². The van der Waals surface area contributed by atoms with E-state index >= 15 is 0 Å². The van der Waals surface area contributed by atoms with Gasteiger partial charge in [0.05, 0.1) is 5.92 Å². The van der Waals surface area contributed by atoms with E-state index in [4.69, 9.17) is 9.15 Å². The van der Waals surface area contributed by atoms with Gasteiger partial charge in [0.2, 0.25) is 5.91 Å². The number of ether oxygens (including phenoxy) is 1. The van der Waals surface area contributed by atoms with Crippen LogP contribution in [0.3, 0.4) is 0 Å². The molecule has 1 amide bonds. The van der Waals surface area contributed by atoms with E-state index in [1.54, 1.807) is 18.2 Å². The monoisotopic (exact) mass is 315 g/mol. The number of fused-ring (bicyclic) bond motifs is 1. The topological polar surface area (TPSA) is 85.6 Å². The molecule has 6 heteroatoms. The minimum absolute atomic E-state index is 0.0206. The molecule has 3 rings (SSSR count). The summed E-state index contributed by atoms with van der Waals surface area (Å²) in [4.78, 5) is 34.6. The minimum atomic E-state index is -0.525. The van der Waals surface area contributed by atoms with Crippen LogP contribution < -0.4 is 10.9 Å². The first-order chi connectivity index (χ1) is 10.9. The third-order valence-corrected chi connectivity index (χ3v) is 3.93. The highest BCUT2D eigenvalue weighted by molar-refractivity contribution is 5.92. The van der Waals surface area contributed by atoms with Crippen molar-refractivity contribution in [2.75, 3.05) is 5.32 Å². The van der Waals surface area contributed by atoms with Crippen molar-refractivity contribution in [3.8, 4) is 0 Å². The van der Waals surface area contributed by atoms with E-state index < -0.39 is 5.63 Å². The van der Waals surface area contributed by atoms with Crippen LogP contribution in [0, 0.1) is 11.8 Å². The van der Waals surface area contributed by atoms with Crippen LogP contribution in [-0.4, -0.2) is 11.9 Å². The Labute approximate surface area is 132 Å². The van der Waals surface area contributed by atoms with Gasteiger partial charge in [-0.05, 0) is 24.5 Å². The maximum atomic E-state index is 11.8. The standard InChI is InChI=1S/C17H17NO5/c1-9-5-14(9)17(21)22-8-11-6-16(20)23-15-7-12(18-10(2)19)3-4-13(11)15/h3-4,6-7,9,14H,5,8H2,1-2H3,(H,18,19)/t9-,14-/m0/s1. The summed E-state index contributed by atoms with van der Waals surface area (Å²) in [5, 5.41) is 3.30. The van der Waals surface area contributed by atoms with Gasteiger partial charge in [-0.2, -0.15) is 0 Å². The van der Waals surface area contributed by atoms with E-state index in [-0.39, 0.29) is 24.4 Å². The fraction of sp³-hybridized carbons (Fsp3) is 0.353. The lowest BCUT2D eigenvalue weighted by Crippen LogP contribution is -2.10. The smallest absolute Gasteiger partial charge is 0.336 e. The highest BCUT2D eigenvalue weighted by Gasteiger charge is 2.40. The molecule has 1 aliphatic rings. The van der Waals surface area contributed by atoms with Crippen molar-refractivity contribution < 1.29 is 18.7 Å². The number of carbonyl (C=O) groups excluding carboxylic acids is 2. The Kier molecular flexibility index (Phi) is 3.90. The predicted molar refractivity (Wildman–Crippen MR) is 83.9 cm³/mol. The Morgan fingerprint density at radius 1 is 1.35 bits per heavy atom. The number of carbonyl (C=O) groups is 2. The van der Waals surface area contributed by atoms with E-state index in [2.05, 4.69) is 5.32 Å². The fourth-order valence-corrected chi connectivity index (χ4v) is 2.54. The van der Waals surface area contributed by atoms with Gasteiger partial charge in [0, 0.05) is 35.7 Å². The van der Waals surface area contributed by atoms with E-state index in [0.717, 1.165) is 6.42 Å². The summed E-state index contributed by atoms with van der Waals surface area (Å²) in [6.45, 7) is 3.43. The summed E-state index contributed by atoms with van der Waals surface area (Å²) in [5.41, 5.74) is 0.944. The lowest BCUT2D eigenvalue weighted by Gasteiger charge is -2.08. The number of rotatable bonds is 4. The highest BCUT2D eigenvalue weighted by Crippen LogP contribution is 2.38. The summed E-state index contributed by atoms with van der Waals surface area (Å²) in [6, 6.07) is 6.33. The lowest BCUT2D eigenvalue weighted by molar-refractivity contribution is -0.146. The molecule has 1 aliphatic carbocycles. The number of nitrogens with one attached hydrogen (secondary N) is 1. The van der Waals surface area contributed by atoms with Gasteiger partial charge in [0.1, 0.15) is 12.2 Å². The molecule has 0 aliphatic heterocycles. The molecule has 120 valence electrons. The van der Waals surface area contributed by atoms with Crippen molar-refractivity contribution in [3.63, 3.8) is 0 Å². The molecule has 23 heavy (non-hydrogen) atoms. The average molecular weight is 315 g/mol. The number of anilines is 1. The Balaban J connectivity index is 1.85. The Bertz CT molecular complexity index is 838. The number of hydrogen-bond acceptors (Lipinski definition) is 5. The zero-order chi connectivity index (χ0) is 16.6. The molecule has 2 aromatic rings. The van der Waals surface area contributed by atoms with Gasteiger partial charge in [-0.1, -0.05) is 6.92 Å². The SMILES string of the molecule is CC(=O)Nc1ccc2c(COC(=O)[C@H]3C[C@@H]3C)cc(=O)oc2c1. The van der Waals surface area contributed by atoms with Crippen LogP contribution in [0.4, 0.5) is 5.69 Å². The van der Waals surface area contributed by atoms with Crippen LogP contribution in [0.25, 0.3) is 11.0 Å². The highest BCUT2D eigenvalue weighted by atomic mass is 16.5. The molecular formula is C17H17NO5. The summed E-state index contributed by atoms with van der Waals surface area (Å²) in [7, 11) is 0. The van der Waals surface area contributed by atoms with Crippen molar-refractivity contribution in [1.82, 2.24) is 0 Å². The number of hydrogen-bond donors (Lipinski definition) is 1. The van der Waals surface area contributed by atoms with Crippen molar-refractivity contribution in [3.05, 3.63) is 40.2 Å². The molecule has 0 saturated heterocycles. The second-order valence-corrected chi connectivity index (χ2v) is 5.91. The lowest BCUT2D eigenvalue weighted by atomic mass is 10.1. The largest absolute Gasteiger partial charge is 0.461 e. The maximum absolute atomic E-state index is 11.8. The third-order valence-electron chi connectivity index (χ3n) is 3.93. The molecule has 1 aromatic carbocycles. The van der Waals surface area contributed by atoms with E-state index in [9.17, 15) is 14.4 Å². The van der Waals surface area contributed by atoms with Gasteiger partial charge < -0.3 is 14.5 Å². The molecule has 0 unspecified atom stereocenters. The van der Waals surface area contributed by atoms with E-state index in [1.165, 1.54) is 13.0 Å². The quantitative estimate of drug-likeness (QED) is 0.692. The van der Waals surface area contributed by atoms with Crippen LogP contribution in [0.2, 0.25) is 0 Å². The van der Waals surface area contributed by atoms with Crippen LogP contribution in [0.15, 0.2) is 33.5 Å². The first-order valence-electron chi connectivity index (χ1n) is 7.45. The molecule has 0 spiro atoms. The molecule has 2 atom stereocenters. The molecule has 1 N–H and O–H groups in total. The summed E-state index contributed by atoms with van der Waals surface area (Å²) >= 11 is 0. The zero-order valence-electron chi connectivity index (χ0n) is 12.9. The molecule has 6 nitrogen and oxygen atoms in total. The maximum Gasteiger partial charge on any atom is 0.336 e. The van der Waals surface area contributed by atoms with Crippen molar-refractivity contribution >= 4 is 28.5 Å². The summed E-state index contributed by atoms with van der Waals surface area (Å²) in [5.74, 6) is -0.0860. The van der Waals surface area contributed by atoms with Gasteiger partial charge in [0.25, 0.3) is 0 Å². The van der Waals surface area contributed by atoms with Crippen LogP contribution in [0.5, 0.6) is 0 Å². The number of amides is 1. The molecule has 1 saturated carbocycles. The second-order valence-electron chi connectivity index (χ2n) is 5.91. The second kappa shape index (κ2) is 5.87. The van der Waals surface area contributed by atoms with Gasteiger partial charge in [0.15, 0.2) is 0 Å². The van der Waals surface area contributed by atoms with Gasteiger partial charge in [-0.3, -0.25) is 9.59 Å². The van der Waals surface area contributed by atoms with E-state index in [1.807, 2.05) is 6.92 Å². The van der Waals surface area contributed by atoms with Crippen molar-refractivity contribution in [2.24, 2.45) is 11.8 Å². The van der Waals surface area contributed by atoms with Crippen LogP contribution >= 0.6 is 0 Å². The average Bonchev–Trinajstić information content (AvgIpc) is 3.20. The molecule has 0 radical (unpaired) electrons. The third kappa shape index (κ3) is 3.41. The summed E-state index contributed by atoms with van der Waals surface area (Å²) in [6.07, 6.45) is 0.858. The van der Waals surface area contributed by atoms with E-state index in [0.29, 0.717) is 28.1 Å². The Hall–Kier alpha value is -2.63. The molecule has 1 fully saturated rings. The molecule has 1 aromatic heterocycles. The first-order valence-corrected chi connectivity index (χ1v) is 7.45. The minimum Gasteiger partial charge on any atom is -0.461 e. The summed E-state index contributed by atoms with van der Waals surface area (Å²) < 4.78 is 10.5. The predicted octanol–water partition coefficient (Wildman–Crippen LogP) is 2.45. The van der Waals surface area contributed by atoms with Crippen molar-refractivity contribution in [2.45, 2.75) is 26.9 Å². The molecular weight excluding hydrogens is 298 g/mol. The molecule has 1 heterocycles. The zero-order valence-corrected chi connectivity index (χ0v) is 12.9. The Morgan fingerprint density at radius 3 is 2.74 bits per heavy atom. The van der Waals surface area contributed by atoms with Crippen LogP contribution in [0.1, 0.15) is 25.8 Å². The van der Waals surface area contributed by atoms with Crippen molar-refractivity contribution in [1.29, 1.82) is 0 Å². The van der Waals surface area contributed by atoms with Gasteiger partial charge in [-0.15, -0.1) is 0 Å². The first kappa shape index (κ1) is 15.3. The van der Waals surface area contributed by atoms with Crippen LogP contribution in [-0.2, 0) is 20.9 Å². The number of benzene rings is 1. The Morgan fingerprint density at radius 2 is 2.09 bits per heavy atom. The fourth-order valence-electron chi connectivity index (χ4n) is 2.54.